The Morgan fingerprint density at radius 3 is 2.43 bits per heavy atom. The van der Waals surface area contributed by atoms with Gasteiger partial charge in [0.2, 0.25) is 0 Å². The highest BCUT2D eigenvalue weighted by molar-refractivity contribution is 7.99. The zero-order valence-corrected chi connectivity index (χ0v) is 28.0. The summed E-state index contributed by atoms with van der Waals surface area (Å²) in [5.41, 5.74) is 7.56. The Morgan fingerprint density at radius 1 is 0.898 bits per heavy atom. The van der Waals surface area contributed by atoms with E-state index in [0.29, 0.717) is 17.8 Å². The molecule has 1 fully saturated rings. The number of aliphatic hydroxyl groups excluding tert-OH is 1. The zero-order valence-electron chi connectivity index (χ0n) is 27.1. The van der Waals surface area contributed by atoms with Crippen molar-refractivity contribution in [2.45, 2.75) is 43.7 Å². The lowest BCUT2D eigenvalue weighted by atomic mass is 9.91. The molecule has 49 heavy (non-hydrogen) atoms. The number of hydrogen-bond donors (Lipinski definition) is 2. The van der Waals surface area contributed by atoms with Crippen molar-refractivity contribution in [3.05, 3.63) is 138 Å². The number of rotatable bonds is 10. The molecule has 0 spiro atoms. The molecule has 7 rings (SSSR count). The van der Waals surface area contributed by atoms with E-state index in [-0.39, 0.29) is 36.3 Å². The fourth-order valence-corrected chi connectivity index (χ4v) is 6.95. The smallest absolute Gasteiger partial charge is 0.271 e. The van der Waals surface area contributed by atoms with Crippen molar-refractivity contribution in [2.75, 3.05) is 5.75 Å². The lowest BCUT2D eigenvalue weighted by Gasteiger charge is -2.41. The topological polar surface area (TPSA) is 124 Å². The number of benzene rings is 4. The van der Waals surface area contributed by atoms with Crippen molar-refractivity contribution in [2.24, 2.45) is 13.0 Å². The van der Waals surface area contributed by atoms with E-state index in [9.17, 15) is 9.90 Å². The first-order valence-electron chi connectivity index (χ1n) is 16.1. The predicted molar refractivity (Wildman–Crippen MR) is 187 cm³/mol. The normalized spacial score (nSPS) is 19.2. The molecule has 0 aliphatic carbocycles. The van der Waals surface area contributed by atoms with Crippen molar-refractivity contribution in [1.29, 1.82) is 0 Å². The average Bonchev–Trinajstić information content (AvgIpc) is 3.57. The van der Waals surface area contributed by atoms with Gasteiger partial charge in [0.1, 0.15) is 12.0 Å². The van der Waals surface area contributed by atoms with E-state index in [1.165, 1.54) is 6.20 Å². The molecule has 4 atom stereocenters. The van der Waals surface area contributed by atoms with Crippen molar-refractivity contribution >= 4 is 28.7 Å². The molecule has 1 amide bonds. The van der Waals surface area contributed by atoms with Crippen molar-refractivity contribution < 1.29 is 19.4 Å². The summed E-state index contributed by atoms with van der Waals surface area (Å²) < 4.78 is 15.1. The van der Waals surface area contributed by atoms with Crippen LogP contribution in [0.5, 0.6) is 0 Å². The molecular weight excluding hydrogens is 637 g/mol. The highest BCUT2D eigenvalue weighted by Crippen LogP contribution is 2.43. The monoisotopic (exact) mass is 672 g/mol. The molecule has 0 bridgehead atoms. The Labute approximate surface area is 288 Å². The number of carbonyl (C=O) groups excluding carboxylic acids is 1. The maximum atomic E-state index is 12.9. The zero-order chi connectivity index (χ0) is 33.7. The lowest BCUT2D eigenvalue weighted by Crippen LogP contribution is -2.38. The van der Waals surface area contributed by atoms with Crippen LogP contribution in [0.25, 0.3) is 22.2 Å². The second-order valence-electron chi connectivity index (χ2n) is 12.1. The first-order valence-corrected chi connectivity index (χ1v) is 17.1. The fourth-order valence-electron chi connectivity index (χ4n) is 5.90. The molecule has 11 heteroatoms. The van der Waals surface area contributed by atoms with Crippen LogP contribution in [0.2, 0.25) is 0 Å². The van der Waals surface area contributed by atoms with E-state index in [1.54, 1.807) is 18.1 Å². The lowest BCUT2D eigenvalue weighted by molar-refractivity contribution is -0.268. The van der Waals surface area contributed by atoms with Crippen molar-refractivity contribution in [1.82, 2.24) is 30.0 Å². The van der Waals surface area contributed by atoms with Gasteiger partial charge >= 0.3 is 0 Å². The highest BCUT2D eigenvalue weighted by Gasteiger charge is 2.38. The summed E-state index contributed by atoms with van der Waals surface area (Å²) in [5.74, 6) is 0.478. The summed E-state index contributed by atoms with van der Waals surface area (Å²) in [5, 5.41) is 21.6. The Morgan fingerprint density at radius 2 is 1.67 bits per heavy atom. The van der Waals surface area contributed by atoms with Gasteiger partial charge in [0.15, 0.2) is 11.4 Å². The Bertz CT molecular complexity index is 2050. The molecule has 1 aliphatic rings. The second kappa shape index (κ2) is 14.7. The van der Waals surface area contributed by atoms with Crippen LogP contribution in [0.15, 0.2) is 115 Å². The first-order chi connectivity index (χ1) is 23.9. The van der Waals surface area contributed by atoms with Gasteiger partial charge in [0.05, 0.1) is 36.0 Å². The van der Waals surface area contributed by atoms with Crippen LogP contribution in [-0.2, 0) is 29.7 Å². The number of nitrogens with zero attached hydrogens (tertiary/aromatic N) is 5. The Balaban J connectivity index is 1.05. The second-order valence-corrected chi connectivity index (χ2v) is 13.1. The van der Waals surface area contributed by atoms with E-state index in [4.69, 9.17) is 9.47 Å². The molecule has 3 heterocycles. The summed E-state index contributed by atoms with van der Waals surface area (Å²) in [4.78, 5) is 21.7. The van der Waals surface area contributed by atoms with Gasteiger partial charge in [-0.05, 0) is 46.0 Å². The minimum atomic E-state index is -0.572. The van der Waals surface area contributed by atoms with Gasteiger partial charge in [-0.25, -0.2) is 4.98 Å². The van der Waals surface area contributed by atoms with Crippen LogP contribution in [0.1, 0.15) is 52.1 Å². The number of ether oxygens (including phenoxy) is 2. The number of aryl methyl sites for hydroxylation is 1. The van der Waals surface area contributed by atoms with E-state index < -0.39 is 6.29 Å². The number of fused-ring (bicyclic) bond motifs is 1. The maximum Gasteiger partial charge on any atom is 0.271 e. The molecule has 0 saturated carbocycles. The molecule has 0 radical (unpaired) electrons. The van der Waals surface area contributed by atoms with Crippen LogP contribution in [-0.4, -0.2) is 47.6 Å². The molecule has 10 nitrogen and oxygen atoms in total. The van der Waals surface area contributed by atoms with Crippen LogP contribution in [0.4, 0.5) is 0 Å². The minimum Gasteiger partial charge on any atom is -0.392 e. The predicted octanol–water partition coefficient (Wildman–Crippen LogP) is 6.43. The van der Waals surface area contributed by atoms with E-state index in [0.717, 1.165) is 44.1 Å². The number of thioether (sulfide) groups is 1. The van der Waals surface area contributed by atoms with Crippen LogP contribution >= 0.6 is 11.8 Å². The quantitative estimate of drug-likeness (QED) is 0.158. The molecule has 4 unspecified atom stereocenters. The summed E-state index contributed by atoms with van der Waals surface area (Å²) >= 11 is 1.61. The molecule has 1 aliphatic heterocycles. The number of carbonyl (C=O) groups is 1. The number of aromatic nitrogens is 5. The molecule has 2 aromatic heterocycles. The highest BCUT2D eigenvalue weighted by atomic mass is 32.2. The Kier molecular flexibility index (Phi) is 9.76. The van der Waals surface area contributed by atoms with Crippen molar-refractivity contribution in [3.63, 3.8) is 0 Å². The molecular formula is C38H36N6O4S. The molecule has 6 aromatic rings. The Hall–Kier alpha value is -4.94. The summed E-state index contributed by atoms with van der Waals surface area (Å²) in [6, 6.07) is 31.7. The van der Waals surface area contributed by atoms with Gasteiger partial charge < -0.3 is 24.5 Å². The van der Waals surface area contributed by atoms with Crippen LogP contribution in [0, 0.1) is 5.92 Å². The van der Waals surface area contributed by atoms with Gasteiger partial charge in [0, 0.05) is 30.8 Å². The summed E-state index contributed by atoms with van der Waals surface area (Å²) in [7, 11) is 1.93. The number of hydrogen-bond acceptors (Lipinski definition) is 9. The van der Waals surface area contributed by atoms with Gasteiger partial charge in [-0.3, -0.25) is 9.78 Å². The van der Waals surface area contributed by atoms with Gasteiger partial charge in [0.25, 0.3) is 5.91 Å². The number of aliphatic hydroxyl groups is 1. The molecule has 2 N–H and O–H groups in total. The first kappa shape index (κ1) is 32.6. The van der Waals surface area contributed by atoms with Gasteiger partial charge in [-0.15, -0.1) is 10.2 Å². The average molecular weight is 673 g/mol. The molecule has 248 valence electrons. The maximum absolute atomic E-state index is 12.9. The van der Waals surface area contributed by atoms with E-state index >= 15 is 0 Å². The minimum absolute atomic E-state index is 0.00549. The third kappa shape index (κ3) is 7.40. The SMILES string of the molecule is CC1C(CSc2nncn2C)OC(c2ccc(-c3cccc(CNC(=O)c4cnc5ccccc5n4)c3)cc2)OC1c1ccc(CO)cc1. The van der Waals surface area contributed by atoms with E-state index in [2.05, 4.69) is 56.7 Å². The fraction of sp³-hybridized carbons (Fsp3) is 0.237. The number of nitrogens with one attached hydrogen (secondary N) is 1. The van der Waals surface area contributed by atoms with Gasteiger partial charge in [-0.2, -0.15) is 0 Å². The summed E-state index contributed by atoms with van der Waals surface area (Å²) in [6.07, 6.45) is 2.31. The third-order valence-corrected chi connectivity index (χ3v) is 9.87. The van der Waals surface area contributed by atoms with Crippen molar-refractivity contribution in [3.8, 4) is 11.1 Å². The summed E-state index contributed by atoms with van der Waals surface area (Å²) in [6.45, 7) is 2.50. The van der Waals surface area contributed by atoms with Crippen LogP contribution < -0.4 is 5.32 Å². The van der Waals surface area contributed by atoms with Gasteiger partial charge in [-0.1, -0.05) is 97.5 Å². The molecule has 4 aromatic carbocycles. The standard InChI is InChI=1S/C38H36N6O4S/c1-24-34(22-49-38-43-41-23-44(38)2)47-37(48-35(24)28-12-10-25(21-45)11-13-28)29-16-14-27(15-17-29)30-7-5-6-26(18-30)19-40-36(46)33-20-39-31-8-3-4-9-32(31)42-33/h3-18,20,23-24,34-35,37,45H,19,21-22H2,1-2H3,(H,40,46). The van der Waals surface area contributed by atoms with E-state index in [1.807, 2.05) is 84.4 Å². The number of amides is 1. The third-order valence-electron chi connectivity index (χ3n) is 8.75. The largest absolute Gasteiger partial charge is 0.392 e. The van der Waals surface area contributed by atoms with Crippen LogP contribution in [0.3, 0.4) is 0 Å². The number of para-hydroxylation sites is 2. The molecule has 1 saturated heterocycles.